The van der Waals surface area contributed by atoms with Crippen molar-refractivity contribution in [1.82, 2.24) is 15.2 Å². The Labute approximate surface area is 175 Å². The van der Waals surface area contributed by atoms with Crippen LogP contribution >= 0.6 is 23.4 Å². The number of carbonyl (C=O) groups excluding carboxylic acids is 1. The lowest BCUT2D eigenvalue weighted by Gasteiger charge is -2.10. The molecule has 4 rings (SSSR count). The maximum Gasteiger partial charge on any atom is 0.234 e. The van der Waals surface area contributed by atoms with Gasteiger partial charge in [-0.05, 0) is 36.4 Å². The molecule has 0 fully saturated rings. The summed E-state index contributed by atoms with van der Waals surface area (Å²) < 4.78 is 13.2. The highest BCUT2D eigenvalue weighted by Crippen LogP contribution is 2.32. The van der Waals surface area contributed by atoms with Crippen molar-refractivity contribution < 1.29 is 9.18 Å². The van der Waals surface area contributed by atoms with E-state index in [1.807, 2.05) is 24.3 Å². The van der Waals surface area contributed by atoms with Crippen LogP contribution < -0.4 is 5.32 Å². The van der Waals surface area contributed by atoms with Crippen LogP contribution in [0.15, 0.2) is 71.9 Å². The predicted molar refractivity (Wildman–Crippen MR) is 114 cm³/mol. The van der Waals surface area contributed by atoms with Crippen molar-refractivity contribution in [3.05, 3.63) is 77.8 Å². The Balaban J connectivity index is 1.57. The van der Waals surface area contributed by atoms with Gasteiger partial charge in [-0.2, -0.15) is 0 Å². The van der Waals surface area contributed by atoms with Crippen LogP contribution in [0.1, 0.15) is 0 Å². The van der Waals surface area contributed by atoms with Crippen molar-refractivity contribution in [1.29, 1.82) is 0 Å². The van der Waals surface area contributed by atoms with Gasteiger partial charge in [-0.15, -0.1) is 10.2 Å². The van der Waals surface area contributed by atoms with Gasteiger partial charge in [-0.3, -0.25) is 4.79 Å². The Morgan fingerprint density at radius 3 is 2.52 bits per heavy atom. The lowest BCUT2D eigenvalue weighted by molar-refractivity contribution is -0.113. The lowest BCUT2D eigenvalue weighted by Crippen LogP contribution is -2.14. The van der Waals surface area contributed by atoms with Crippen molar-refractivity contribution in [3.8, 4) is 11.3 Å². The van der Waals surface area contributed by atoms with Crippen LogP contribution in [0.25, 0.3) is 22.0 Å². The molecule has 144 valence electrons. The molecule has 0 aliphatic heterocycles. The van der Waals surface area contributed by atoms with E-state index in [2.05, 4.69) is 20.5 Å². The summed E-state index contributed by atoms with van der Waals surface area (Å²) in [6.07, 6.45) is 1.55. The SMILES string of the molecule is O=C(CSc1nnc(-c2ccc(F)cc2)c2ccccc12)Nc1cccnc1Cl. The largest absolute Gasteiger partial charge is 0.323 e. The first-order chi connectivity index (χ1) is 14.1. The smallest absolute Gasteiger partial charge is 0.234 e. The highest BCUT2D eigenvalue weighted by Gasteiger charge is 2.13. The minimum Gasteiger partial charge on any atom is -0.323 e. The number of benzene rings is 2. The van der Waals surface area contributed by atoms with Crippen molar-refractivity contribution >= 4 is 45.7 Å². The summed E-state index contributed by atoms with van der Waals surface area (Å²) in [6.45, 7) is 0. The average molecular weight is 425 g/mol. The second-order valence-electron chi connectivity index (χ2n) is 6.08. The topological polar surface area (TPSA) is 67.8 Å². The quantitative estimate of drug-likeness (QED) is 0.351. The Morgan fingerprint density at radius 1 is 1.00 bits per heavy atom. The van der Waals surface area contributed by atoms with E-state index in [1.165, 1.54) is 23.9 Å². The van der Waals surface area contributed by atoms with E-state index < -0.39 is 0 Å². The van der Waals surface area contributed by atoms with Crippen LogP contribution in [0, 0.1) is 5.82 Å². The van der Waals surface area contributed by atoms with Crippen LogP contribution in [0.5, 0.6) is 0 Å². The fourth-order valence-electron chi connectivity index (χ4n) is 2.81. The zero-order valence-electron chi connectivity index (χ0n) is 15.0. The first-order valence-corrected chi connectivity index (χ1v) is 10.0. The van der Waals surface area contributed by atoms with Crippen molar-refractivity contribution in [3.63, 3.8) is 0 Å². The molecule has 2 aromatic carbocycles. The highest BCUT2D eigenvalue weighted by atomic mass is 35.5. The fourth-order valence-corrected chi connectivity index (χ4v) is 3.74. The van der Waals surface area contributed by atoms with E-state index in [1.54, 1.807) is 30.5 Å². The minimum absolute atomic E-state index is 0.139. The van der Waals surface area contributed by atoms with Gasteiger partial charge in [-0.25, -0.2) is 9.37 Å². The van der Waals surface area contributed by atoms with Gasteiger partial charge in [0, 0.05) is 22.5 Å². The summed E-state index contributed by atoms with van der Waals surface area (Å²) in [5.74, 6) is -0.393. The molecule has 2 aromatic heterocycles. The maximum absolute atomic E-state index is 13.2. The number of hydrogen-bond donors (Lipinski definition) is 1. The Hall–Kier alpha value is -3.03. The van der Waals surface area contributed by atoms with Crippen molar-refractivity contribution in [2.45, 2.75) is 5.03 Å². The summed E-state index contributed by atoms with van der Waals surface area (Å²) in [5, 5.41) is 14.0. The van der Waals surface area contributed by atoms with Crippen LogP contribution in [-0.4, -0.2) is 26.8 Å². The zero-order valence-corrected chi connectivity index (χ0v) is 16.5. The minimum atomic E-state index is -0.307. The number of nitrogens with one attached hydrogen (secondary N) is 1. The standard InChI is InChI=1S/C21H14ClFN4OS/c22-20-17(6-3-11-24-20)25-18(28)12-29-21-16-5-2-1-4-15(16)19(26-27-21)13-7-9-14(23)10-8-13/h1-11H,12H2,(H,25,28). The van der Waals surface area contributed by atoms with E-state index in [9.17, 15) is 9.18 Å². The summed E-state index contributed by atoms with van der Waals surface area (Å²) in [7, 11) is 0. The second-order valence-corrected chi connectivity index (χ2v) is 7.41. The normalized spacial score (nSPS) is 10.8. The van der Waals surface area contributed by atoms with Gasteiger partial charge >= 0.3 is 0 Å². The molecule has 0 spiro atoms. The summed E-state index contributed by atoms with van der Waals surface area (Å²) >= 11 is 7.25. The molecule has 0 bridgehead atoms. The number of hydrogen-bond acceptors (Lipinski definition) is 5. The predicted octanol–water partition coefficient (Wildman–Crippen LogP) is 5.22. The third kappa shape index (κ3) is 4.36. The number of amides is 1. The van der Waals surface area contributed by atoms with Gasteiger partial charge in [0.15, 0.2) is 5.15 Å². The highest BCUT2D eigenvalue weighted by molar-refractivity contribution is 8.00. The molecule has 0 unspecified atom stereocenters. The second kappa shape index (κ2) is 8.55. The van der Waals surface area contributed by atoms with E-state index in [4.69, 9.17) is 11.6 Å². The average Bonchev–Trinajstić information content (AvgIpc) is 2.74. The van der Waals surface area contributed by atoms with Crippen LogP contribution in [0.4, 0.5) is 10.1 Å². The van der Waals surface area contributed by atoms with Gasteiger partial charge in [0.2, 0.25) is 5.91 Å². The summed E-state index contributed by atoms with van der Waals surface area (Å²) in [6, 6.07) is 17.2. The van der Waals surface area contributed by atoms with Crippen molar-refractivity contribution in [2.24, 2.45) is 0 Å². The monoisotopic (exact) mass is 424 g/mol. The molecule has 0 saturated heterocycles. The Morgan fingerprint density at radius 2 is 1.76 bits per heavy atom. The molecule has 1 N–H and O–H groups in total. The van der Waals surface area contributed by atoms with E-state index in [0.717, 1.165) is 16.3 Å². The molecule has 2 heterocycles. The molecule has 1 amide bonds. The van der Waals surface area contributed by atoms with E-state index in [0.29, 0.717) is 16.4 Å². The van der Waals surface area contributed by atoms with Gasteiger partial charge in [0.25, 0.3) is 0 Å². The molecular formula is C21H14ClFN4OS. The number of thioether (sulfide) groups is 1. The molecular weight excluding hydrogens is 411 g/mol. The number of carbonyl (C=O) groups is 1. The van der Waals surface area contributed by atoms with Gasteiger partial charge in [0.1, 0.15) is 16.5 Å². The molecule has 0 radical (unpaired) electrons. The number of fused-ring (bicyclic) bond motifs is 1. The molecule has 0 saturated carbocycles. The van der Waals surface area contributed by atoms with Crippen LogP contribution in [0.2, 0.25) is 5.15 Å². The lowest BCUT2D eigenvalue weighted by atomic mass is 10.1. The first-order valence-electron chi connectivity index (χ1n) is 8.66. The Bertz CT molecular complexity index is 1190. The van der Waals surface area contributed by atoms with Gasteiger partial charge in [-0.1, -0.05) is 47.6 Å². The number of rotatable bonds is 5. The van der Waals surface area contributed by atoms with Crippen LogP contribution in [-0.2, 0) is 4.79 Å². The number of nitrogens with zero attached hydrogens (tertiary/aromatic N) is 3. The molecule has 4 aromatic rings. The molecule has 0 aliphatic rings. The molecule has 29 heavy (non-hydrogen) atoms. The van der Waals surface area contributed by atoms with E-state index in [-0.39, 0.29) is 22.6 Å². The third-order valence-corrected chi connectivity index (χ3v) is 5.43. The van der Waals surface area contributed by atoms with Crippen LogP contribution in [0.3, 0.4) is 0 Å². The van der Waals surface area contributed by atoms with Gasteiger partial charge < -0.3 is 5.32 Å². The number of halogens is 2. The molecule has 0 atom stereocenters. The molecule has 8 heteroatoms. The number of anilines is 1. The maximum atomic E-state index is 13.2. The number of aromatic nitrogens is 3. The first kappa shape index (κ1) is 19.3. The zero-order chi connectivity index (χ0) is 20.2. The summed E-state index contributed by atoms with van der Waals surface area (Å²) in [5.41, 5.74) is 1.90. The third-order valence-electron chi connectivity index (χ3n) is 4.14. The van der Waals surface area contributed by atoms with Crippen molar-refractivity contribution in [2.75, 3.05) is 11.1 Å². The Kier molecular flexibility index (Phi) is 5.69. The van der Waals surface area contributed by atoms with Gasteiger partial charge in [0.05, 0.1) is 11.4 Å². The molecule has 5 nitrogen and oxygen atoms in total. The molecule has 0 aliphatic carbocycles. The number of pyridine rings is 1. The summed E-state index contributed by atoms with van der Waals surface area (Å²) in [4.78, 5) is 16.2. The fraction of sp³-hybridized carbons (Fsp3) is 0.0476. The van der Waals surface area contributed by atoms with E-state index >= 15 is 0 Å².